The zero-order valence-electron chi connectivity index (χ0n) is 17.6. The number of phenolic OH excluding ortho intramolecular Hbond substituents is 1. The van der Waals surface area contributed by atoms with Crippen LogP contribution in [0.3, 0.4) is 0 Å². The van der Waals surface area contributed by atoms with Crippen LogP contribution in [0.15, 0.2) is 31.3 Å². The fraction of sp³-hybridized carbons (Fsp3) is 0.400. The molecule has 0 spiro atoms. The van der Waals surface area contributed by atoms with Crippen LogP contribution in [0.2, 0.25) is 0 Å². The van der Waals surface area contributed by atoms with Crippen LogP contribution < -0.4 is 21.4 Å². The fourth-order valence-electron chi connectivity index (χ4n) is 3.22. The molecular weight excluding hydrogens is 468 g/mol. The molecule has 0 aliphatic heterocycles. The summed E-state index contributed by atoms with van der Waals surface area (Å²) in [7, 11) is 3.02. The summed E-state index contributed by atoms with van der Waals surface area (Å²) in [4.78, 5) is 31.2. The molecule has 2 heterocycles. The summed E-state index contributed by atoms with van der Waals surface area (Å²) >= 11 is 3.27. The van der Waals surface area contributed by atoms with E-state index in [9.17, 15) is 14.7 Å². The molecule has 166 valence electrons. The van der Waals surface area contributed by atoms with Crippen LogP contribution in [-0.2, 0) is 13.6 Å². The summed E-state index contributed by atoms with van der Waals surface area (Å²) in [5.74, 6) is 0.668. The van der Waals surface area contributed by atoms with E-state index in [4.69, 9.17) is 4.74 Å². The highest BCUT2D eigenvalue weighted by molar-refractivity contribution is 9.10. The minimum Gasteiger partial charge on any atom is -0.503 e. The van der Waals surface area contributed by atoms with Gasteiger partial charge in [0.25, 0.3) is 5.56 Å². The first-order chi connectivity index (χ1) is 14.9. The van der Waals surface area contributed by atoms with E-state index in [-0.39, 0.29) is 11.4 Å². The van der Waals surface area contributed by atoms with Crippen LogP contribution in [0.25, 0.3) is 11.2 Å². The number of aromatic hydroxyl groups is 1. The molecule has 1 aromatic carbocycles. The number of aromatic nitrogens is 4. The van der Waals surface area contributed by atoms with Crippen molar-refractivity contribution in [1.29, 1.82) is 0 Å². The number of ether oxygens (including phenoxy) is 1. The molecule has 0 unspecified atom stereocenters. The minimum absolute atomic E-state index is 0.00150. The third-order valence-electron chi connectivity index (χ3n) is 4.89. The molecule has 11 heteroatoms. The maximum atomic E-state index is 12.5. The van der Waals surface area contributed by atoms with Gasteiger partial charge in [-0.3, -0.25) is 14.3 Å². The van der Waals surface area contributed by atoms with Gasteiger partial charge >= 0.3 is 5.69 Å². The number of anilines is 1. The first kappa shape index (κ1) is 22.6. The number of fused-ring (bicyclic) bond motifs is 1. The molecule has 3 aromatic rings. The Morgan fingerprint density at radius 3 is 2.81 bits per heavy atom. The monoisotopic (exact) mass is 492 g/mol. The highest BCUT2D eigenvalue weighted by Crippen LogP contribution is 2.34. The molecule has 2 aromatic heterocycles. The highest BCUT2D eigenvalue weighted by Gasteiger charge is 2.17. The van der Waals surface area contributed by atoms with Crippen LogP contribution in [0.1, 0.15) is 38.2 Å². The Kier molecular flexibility index (Phi) is 7.16. The van der Waals surface area contributed by atoms with Crippen molar-refractivity contribution in [3.63, 3.8) is 0 Å². The Hall–Kier alpha value is -3.08. The van der Waals surface area contributed by atoms with E-state index in [2.05, 4.69) is 43.3 Å². The zero-order valence-corrected chi connectivity index (χ0v) is 19.2. The van der Waals surface area contributed by atoms with E-state index < -0.39 is 11.2 Å². The van der Waals surface area contributed by atoms with Gasteiger partial charge in [0.2, 0.25) is 5.95 Å². The Balaban J connectivity index is 1.95. The summed E-state index contributed by atoms with van der Waals surface area (Å²) in [6.07, 6.45) is 5.61. The zero-order chi connectivity index (χ0) is 22.5. The number of hydrogen-bond donors (Lipinski definition) is 3. The molecule has 0 amide bonds. The second kappa shape index (κ2) is 9.82. The van der Waals surface area contributed by atoms with E-state index in [1.54, 1.807) is 23.7 Å². The van der Waals surface area contributed by atoms with Gasteiger partial charge in [-0.25, -0.2) is 10.2 Å². The van der Waals surface area contributed by atoms with Crippen LogP contribution in [0.4, 0.5) is 5.95 Å². The van der Waals surface area contributed by atoms with Crippen molar-refractivity contribution >= 4 is 39.3 Å². The number of nitrogens with one attached hydrogen (secondary N) is 2. The third kappa shape index (κ3) is 4.82. The van der Waals surface area contributed by atoms with Gasteiger partial charge in [-0.05, 0) is 40.0 Å². The summed E-state index contributed by atoms with van der Waals surface area (Å²) in [5, 5.41) is 14.2. The van der Waals surface area contributed by atoms with Gasteiger partial charge < -0.3 is 14.4 Å². The SMILES string of the molecule is CCCCCCn1c(N/N=C/c2cc(Br)c(O)c(OC)c2)nc2c1c(=O)[nH]c(=O)n2C. The lowest BCUT2D eigenvalue weighted by molar-refractivity contribution is 0.372. The van der Waals surface area contributed by atoms with E-state index >= 15 is 0 Å². The van der Waals surface area contributed by atoms with Gasteiger partial charge in [0.05, 0.1) is 17.8 Å². The average molecular weight is 493 g/mol. The lowest BCUT2D eigenvalue weighted by Crippen LogP contribution is -2.29. The Labute approximate surface area is 186 Å². The minimum atomic E-state index is -0.524. The number of phenols is 1. The van der Waals surface area contributed by atoms with Gasteiger partial charge in [-0.2, -0.15) is 10.1 Å². The number of methoxy groups -OCH3 is 1. The van der Waals surface area contributed by atoms with Crippen molar-refractivity contribution in [2.45, 2.75) is 39.2 Å². The molecule has 0 aliphatic carbocycles. The Bertz CT molecular complexity index is 1230. The number of hydrazone groups is 1. The largest absolute Gasteiger partial charge is 0.503 e. The Morgan fingerprint density at radius 1 is 1.32 bits per heavy atom. The molecule has 0 atom stereocenters. The van der Waals surface area contributed by atoms with Crippen molar-refractivity contribution in [2.24, 2.45) is 12.1 Å². The molecule has 0 radical (unpaired) electrons. The predicted octanol–water partition coefficient (Wildman–Crippen LogP) is 2.93. The number of aromatic amines is 1. The molecule has 0 fully saturated rings. The second-order valence-corrected chi connectivity index (χ2v) is 7.92. The number of hydrogen-bond acceptors (Lipinski definition) is 7. The maximum Gasteiger partial charge on any atom is 0.329 e. The van der Waals surface area contributed by atoms with Crippen molar-refractivity contribution in [3.05, 3.63) is 43.0 Å². The standard InChI is InChI=1S/C20H25BrN6O4/c1-4-5-6-7-8-27-15-17(26(2)20(30)24-18(15)29)23-19(27)25-22-11-12-9-13(21)16(28)14(10-12)31-3/h9-11,28H,4-8H2,1-3H3,(H,23,25)(H,24,29,30)/b22-11+. The molecule has 0 saturated heterocycles. The number of benzene rings is 1. The first-order valence-electron chi connectivity index (χ1n) is 9.92. The lowest BCUT2D eigenvalue weighted by atomic mass is 10.2. The summed E-state index contributed by atoms with van der Waals surface area (Å²) < 4.78 is 8.66. The molecule has 0 saturated carbocycles. The normalized spacial score (nSPS) is 11.5. The first-order valence-corrected chi connectivity index (χ1v) is 10.7. The van der Waals surface area contributed by atoms with Gasteiger partial charge in [-0.15, -0.1) is 0 Å². The van der Waals surface area contributed by atoms with Crippen molar-refractivity contribution in [3.8, 4) is 11.5 Å². The van der Waals surface area contributed by atoms with Crippen LogP contribution in [-0.4, -0.2) is 37.5 Å². The third-order valence-corrected chi connectivity index (χ3v) is 5.50. The average Bonchev–Trinajstić information content (AvgIpc) is 3.11. The van der Waals surface area contributed by atoms with E-state index in [1.165, 1.54) is 17.9 Å². The van der Waals surface area contributed by atoms with Crippen molar-refractivity contribution < 1.29 is 9.84 Å². The fourth-order valence-corrected chi connectivity index (χ4v) is 3.68. The molecule has 0 bridgehead atoms. The van der Waals surface area contributed by atoms with Crippen LogP contribution >= 0.6 is 15.9 Å². The number of halogens is 1. The molecule has 3 N–H and O–H groups in total. The second-order valence-electron chi connectivity index (χ2n) is 7.06. The highest BCUT2D eigenvalue weighted by atomic mass is 79.9. The quantitative estimate of drug-likeness (QED) is 0.239. The van der Waals surface area contributed by atoms with Gasteiger partial charge in [0.15, 0.2) is 22.7 Å². The molecular formula is C20H25BrN6O4. The van der Waals surface area contributed by atoms with E-state index in [0.29, 0.717) is 33.8 Å². The topological polar surface area (TPSA) is 127 Å². The van der Waals surface area contributed by atoms with E-state index in [1.807, 2.05) is 0 Å². The molecule has 10 nitrogen and oxygen atoms in total. The maximum absolute atomic E-state index is 12.5. The van der Waals surface area contributed by atoms with Crippen LogP contribution in [0, 0.1) is 0 Å². The van der Waals surface area contributed by atoms with Gasteiger partial charge in [0, 0.05) is 13.6 Å². The van der Waals surface area contributed by atoms with Gasteiger partial charge in [0.1, 0.15) is 0 Å². The lowest BCUT2D eigenvalue weighted by Gasteiger charge is -2.08. The van der Waals surface area contributed by atoms with Crippen molar-refractivity contribution in [2.75, 3.05) is 12.5 Å². The number of imidazole rings is 1. The van der Waals surface area contributed by atoms with Crippen molar-refractivity contribution in [1.82, 2.24) is 19.1 Å². The Morgan fingerprint density at radius 2 is 2.10 bits per heavy atom. The number of rotatable bonds is 9. The molecule has 0 aliphatic rings. The number of aryl methyl sites for hydroxylation is 2. The number of unbranched alkanes of at least 4 members (excludes halogenated alkanes) is 3. The van der Waals surface area contributed by atoms with E-state index in [0.717, 1.165) is 25.7 Å². The van der Waals surface area contributed by atoms with Crippen LogP contribution in [0.5, 0.6) is 11.5 Å². The number of H-pyrrole nitrogens is 1. The van der Waals surface area contributed by atoms with Gasteiger partial charge in [-0.1, -0.05) is 26.2 Å². The molecule has 31 heavy (non-hydrogen) atoms. The summed E-state index contributed by atoms with van der Waals surface area (Å²) in [6.45, 7) is 2.69. The predicted molar refractivity (Wildman–Crippen MR) is 123 cm³/mol. The summed E-state index contributed by atoms with van der Waals surface area (Å²) in [6, 6.07) is 3.32. The summed E-state index contributed by atoms with van der Waals surface area (Å²) in [5.41, 5.74) is 3.15. The number of nitrogens with zero attached hydrogens (tertiary/aromatic N) is 4. The smallest absolute Gasteiger partial charge is 0.329 e. The molecule has 3 rings (SSSR count).